The lowest BCUT2D eigenvalue weighted by Crippen LogP contribution is -2.14. The molecular formula is C15H15ClN2OS. The molecule has 20 heavy (non-hydrogen) atoms. The van der Waals surface area contributed by atoms with Crippen molar-refractivity contribution in [2.75, 3.05) is 11.1 Å². The molecule has 2 rings (SSSR count). The maximum atomic E-state index is 11.9. The SMILES string of the molecule is CCc1cccc(NC(=O)CSc2ccc(Cl)cn2)c1. The Morgan fingerprint density at radius 1 is 1.35 bits per heavy atom. The van der Waals surface area contributed by atoms with E-state index in [0.29, 0.717) is 10.8 Å². The van der Waals surface area contributed by atoms with Gasteiger partial charge in [0.25, 0.3) is 0 Å². The van der Waals surface area contributed by atoms with Gasteiger partial charge in [-0.15, -0.1) is 0 Å². The van der Waals surface area contributed by atoms with Gasteiger partial charge in [-0.3, -0.25) is 4.79 Å². The molecule has 0 spiro atoms. The summed E-state index contributed by atoms with van der Waals surface area (Å²) in [7, 11) is 0. The Hall–Kier alpha value is -1.52. The number of halogens is 1. The first kappa shape index (κ1) is 14.9. The molecule has 0 atom stereocenters. The number of carbonyl (C=O) groups excluding carboxylic acids is 1. The van der Waals surface area contributed by atoms with Crippen LogP contribution in [0.3, 0.4) is 0 Å². The minimum Gasteiger partial charge on any atom is -0.325 e. The highest BCUT2D eigenvalue weighted by molar-refractivity contribution is 7.99. The van der Waals surface area contributed by atoms with Gasteiger partial charge in [-0.25, -0.2) is 4.98 Å². The van der Waals surface area contributed by atoms with Gasteiger partial charge < -0.3 is 5.32 Å². The molecule has 1 aromatic heterocycles. The fraction of sp³-hybridized carbons (Fsp3) is 0.200. The first-order chi connectivity index (χ1) is 9.67. The number of rotatable bonds is 5. The van der Waals surface area contributed by atoms with Crippen molar-refractivity contribution in [1.29, 1.82) is 0 Å². The van der Waals surface area contributed by atoms with E-state index in [1.165, 1.54) is 17.3 Å². The summed E-state index contributed by atoms with van der Waals surface area (Å²) in [6, 6.07) is 11.4. The number of anilines is 1. The molecule has 5 heteroatoms. The van der Waals surface area contributed by atoms with Gasteiger partial charge in [0.15, 0.2) is 0 Å². The van der Waals surface area contributed by atoms with Crippen molar-refractivity contribution in [3.63, 3.8) is 0 Å². The minimum atomic E-state index is -0.0417. The van der Waals surface area contributed by atoms with E-state index in [2.05, 4.69) is 17.2 Å². The second-order valence-electron chi connectivity index (χ2n) is 4.21. The van der Waals surface area contributed by atoms with Crippen LogP contribution in [0.4, 0.5) is 5.69 Å². The van der Waals surface area contributed by atoms with Gasteiger partial charge in [0.05, 0.1) is 15.8 Å². The maximum absolute atomic E-state index is 11.9. The minimum absolute atomic E-state index is 0.0417. The van der Waals surface area contributed by atoms with Crippen LogP contribution in [0, 0.1) is 0 Å². The van der Waals surface area contributed by atoms with Crippen LogP contribution in [-0.4, -0.2) is 16.6 Å². The molecule has 1 aromatic carbocycles. The molecule has 0 unspecified atom stereocenters. The lowest BCUT2D eigenvalue weighted by molar-refractivity contribution is -0.113. The van der Waals surface area contributed by atoms with E-state index in [4.69, 9.17) is 11.6 Å². The smallest absolute Gasteiger partial charge is 0.234 e. The van der Waals surface area contributed by atoms with E-state index >= 15 is 0 Å². The number of carbonyl (C=O) groups is 1. The fourth-order valence-corrected chi connectivity index (χ4v) is 2.41. The number of thioether (sulfide) groups is 1. The largest absolute Gasteiger partial charge is 0.325 e. The predicted octanol–water partition coefficient (Wildman–Crippen LogP) is 4.03. The molecule has 0 aliphatic carbocycles. The van der Waals surface area contributed by atoms with Gasteiger partial charge >= 0.3 is 0 Å². The van der Waals surface area contributed by atoms with Crippen LogP contribution >= 0.6 is 23.4 Å². The van der Waals surface area contributed by atoms with E-state index in [-0.39, 0.29) is 5.91 Å². The Morgan fingerprint density at radius 2 is 2.20 bits per heavy atom. The Balaban J connectivity index is 1.87. The molecule has 0 fully saturated rings. The van der Waals surface area contributed by atoms with Crippen LogP contribution < -0.4 is 5.32 Å². The van der Waals surface area contributed by atoms with Crippen molar-refractivity contribution in [3.05, 3.63) is 53.2 Å². The zero-order chi connectivity index (χ0) is 14.4. The van der Waals surface area contributed by atoms with Crippen molar-refractivity contribution in [2.24, 2.45) is 0 Å². The van der Waals surface area contributed by atoms with E-state index < -0.39 is 0 Å². The molecule has 1 heterocycles. The van der Waals surface area contributed by atoms with Crippen molar-refractivity contribution < 1.29 is 4.79 Å². The summed E-state index contributed by atoms with van der Waals surface area (Å²) >= 11 is 7.14. The molecule has 2 aromatic rings. The van der Waals surface area contributed by atoms with Crippen LogP contribution in [0.2, 0.25) is 5.02 Å². The maximum Gasteiger partial charge on any atom is 0.234 e. The Morgan fingerprint density at radius 3 is 2.90 bits per heavy atom. The monoisotopic (exact) mass is 306 g/mol. The summed E-state index contributed by atoms with van der Waals surface area (Å²) in [5.74, 6) is 0.283. The number of hydrogen-bond acceptors (Lipinski definition) is 3. The molecule has 104 valence electrons. The molecule has 1 N–H and O–H groups in total. The summed E-state index contributed by atoms with van der Waals surface area (Å²) < 4.78 is 0. The van der Waals surface area contributed by atoms with Crippen LogP contribution in [0.25, 0.3) is 0 Å². The highest BCUT2D eigenvalue weighted by Crippen LogP contribution is 2.18. The molecule has 0 aliphatic heterocycles. The predicted molar refractivity (Wildman–Crippen MR) is 84.4 cm³/mol. The van der Waals surface area contributed by atoms with Gasteiger partial charge in [-0.05, 0) is 36.2 Å². The van der Waals surface area contributed by atoms with Crippen LogP contribution in [0.15, 0.2) is 47.6 Å². The number of nitrogens with one attached hydrogen (secondary N) is 1. The third kappa shape index (κ3) is 4.54. The summed E-state index contributed by atoms with van der Waals surface area (Å²) in [5, 5.41) is 4.26. The van der Waals surface area contributed by atoms with E-state index in [9.17, 15) is 4.79 Å². The van der Waals surface area contributed by atoms with Gasteiger partial charge in [0.2, 0.25) is 5.91 Å². The summed E-state index contributed by atoms with van der Waals surface area (Å²) in [6.45, 7) is 2.09. The van der Waals surface area contributed by atoms with Crippen molar-refractivity contribution in [1.82, 2.24) is 4.98 Å². The first-order valence-corrected chi connectivity index (χ1v) is 7.67. The van der Waals surface area contributed by atoms with Gasteiger partial charge in [0, 0.05) is 11.9 Å². The molecular weight excluding hydrogens is 292 g/mol. The number of amides is 1. The molecule has 0 radical (unpaired) electrons. The van der Waals surface area contributed by atoms with Crippen molar-refractivity contribution in [3.8, 4) is 0 Å². The number of hydrogen-bond donors (Lipinski definition) is 1. The fourth-order valence-electron chi connectivity index (χ4n) is 1.65. The first-order valence-electron chi connectivity index (χ1n) is 6.30. The summed E-state index contributed by atoms with van der Waals surface area (Å²) in [4.78, 5) is 16.0. The summed E-state index contributed by atoms with van der Waals surface area (Å²) in [5.41, 5.74) is 2.04. The zero-order valence-corrected chi connectivity index (χ0v) is 12.7. The highest BCUT2D eigenvalue weighted by atomic mass is 35.5. The number of aryl methyl sites for hydroxylation is 1. The topological polar surface area (TPSA) is 42.0 Å². The van der Waals surface area contributed by atoms with Crippen molar-refractivity contribution in [2.45, 2.75) is 18.4 Å². The van der Waals surface area contributed by atoms with Crippen LogP contribution in [0.5, 0.6) is 0 Å². The number of benzene rings is 1. The van der Waals surface area contributed by atoms with E-state index in [1.807, 2.05) is 24.3 Å². The van der Waals surface area contributed by atoms with E-state index in [0.717, 1.165) is 17.1 Å². The standard InChI is InChI=1S/C15H15ClN2OS/c1-2-11-4-3-5-13(8-11)18-14(19)10-20-15-7-6-12(16)9-17-15/h3-9H,2,10H2,1H3,(H,18,19). The quantitative estimate of drug-likeness (QED) is 0.848. The van der Waals surface area contributed by atoms with Gasteiger partial charge in [0.1, 0.15) is 0 Å². The zero-order valence-electron chi connectivity index (χ0n) is 11.1. The molecule has 0 bridgehead atoms. The molecule has 0 saturated heterocycles. The molecule has 0 aliphatic rings. The van der Waals surface area contributed by atoms with Gasteiger partial charge in [-0.2, -0.15) is 0 Å². The Kier molecular flexibility index (Phi) is 5.44. The average molecular weight is 307 g/mol. The molecule has 0 saturated carbocycles. The second kappa shape index (κ2) is 7.31. The second-order valence-corrected chi connectivity index (χ2v) is 5.64. The normalized spacial score (nSPS) is 10.3. The Labute approximate surface area is 127 Å². The number of pyridine rings is 1. The lowest BCUT2D eigenvalue weighted by atomic mass is 10.1. The van der Waals surface area contributed by atoms with Gasteiger partial charge in [-0.1, -0.05) is 42.4 Å². The third-order valence-corrected chi connectivity index (χ3v) is 3.84. The average Bonchev–Trinajstić information content (AvgIpc) is 2.47. The number of nitrogens with zero attached hydrogens (tertiary/aromatic N) is 1. The molecule has 3 nitrogen and oxygen atoms in total. The number of aromatic nitrogens is 1. The van der Waals surface area contributed by atoms with Crippen LogP contribution in [-0.2, 0) is 11.2 Å². The Bertz CT molecular complexity index is 587. The molecule has 1 amide bonds. The highest BCUT2D eigenvalue weighted by Gasteiger charge is 2.05. The van der Waals surface area contributed by atoms with Crippen molar-refractivity contribution >= 4 is 35.0 Å². The van der Waals surface area contributed by atoms with E-state index in [1.54, 1.807) is 18.3 Å². The lowest BCUT2D eigenvalue weighted by Gasteiger charge is -2.06. The summed E-state index contributed by atoms with van der Waals surface area (Å²) in [6.07, 6.45) is 2.53. The third-order valence-electron chi connectivity index (χ3n) is 2.67. The van der Waals surface area contributed by atoms with Crippen LogP contribution in [0.1, 0.15) is 12.5 Å².